The Morgan fingerprint density at radius 3 is 0.956 bits per heavy atom. The Bertz CT molecular complexity index is 885. The van der Waals surface area contributed by atoms with Crippen LogP contribution in [0.4, 0.5) is 0 Å². The second-order valence-corrected chi connectivity index (χ2v) is 11.8. The van der Waals surface area contributed by atoms with Crippen molar-refractivity contribution in [1.82, 2.24) is 0 Å². The van der Waals surface area contributed by atoms with E-state index in [1.54, 1.807) is 0 Å². The standard InChI is InChI=1S/C39H64O6/c1-3-5-7-9-11-13-15-17-37-20-24-39(25-21-37)45-35-33-43-31-29-41-27-26-40-28-30-42-32-34-44-38-22-18-36(19-23-38)16-14-12-10-8-6-4-2/h18-25H,3-17,26-35H2,1-2H3. The van der Waals surface area contributed by atoms with Gasteiger partial charge < -0.3 is 28.4 Å². The largest absolute Gasteiger partial charge is 0.491 e. The average molecular weight is 629 g/mol. The molecule has 0 heterocycles. The molecule has 45 heavy (non-hydrogen) atoms. The van der Waals surface area contributed by atoms with Crippen LogP contribution in [0.2, 0.25) is 0 Å². The molecule has 0 N–H and O–H groups in total. The van der Waals surface area contributed by atoms with E-state index < -0.39 is 0 Å². The van der Waals surface area contributed by atoms with Crippen molar-refractivity contribution in [3.63, 3.8) is 0 Å². The zero-order valence-electron chi connectivity index (χ0n) is 28.7. The molecule has 6 heteroatoms. The first-order chi connectivity index (χ1) is 22.3. The summed E-state index contributed by atoms with van der Waals surface area (Å²) in [6, 6.07) is 17.0. The van der Waals surface area contributed by atoms with Gasteiger partial charge in [-0.2, -0.15) is 0 Å². The van der Waals surface area contributed by atoms with Crippen LogP contribution in [0.15, 0.2) is 48.5 Å². The van der Waals surface area contributed by atoms with Gasteiger partial charge >= 0.3 is 0 Å². The number of unbranched alkanes of at least 4 members (excludes halogenated alkanes) is 11. The first-order valence-corrected chi connectivity index (χ1v) is 18.1. The van der Waals surface area contributed by atoms with Crippen LogP contribution in [0.1, 0.15) is 108 Å². The third-order valence-electron chi connectivity index (χ3n) is 7.84. The third-order valence-corrected chi connectivity index (χ3v) is 7.84. The lowest BCUT2D eigenvalue weighted by atomic mass is 10.0. The molecule has 0 amide bonds. The molecule has 0 bridgehead atoms. The van der Waals surface area contributed by atoms with Crippen molar-refractivity contribution in [3.8, 4) is 11.5 Å². The highest BCUT2D eigenvalue weighted by atomic mass is 16.6. The van der Waals surface area contributed by atoms with Crippen molar-refractivity contribution < 1.29 is 28.4 Å². The van der Waals surface area contributed by atoms with Gasteiger partial charge in [-0.15, -0.1) is 0 Å². The number of aryl methyl sites for hydroxylation is 2. The summed E-state index contributed by atoms with van der Waals surface area (Å²) >= 11 is 0. The van der Waals surface area contributed by atoms with Gasteiger partial charge in [0, 0.05) is 0 Å². The molecule has 0 aliphatic carbocycles. The Balaban J connectivity index is 1.30. The van der Waals surface area contributed by atoms with Gasteiger partial charge in [-0.1, -0.05) is 109 Å². The maximum Gasteiger partial charge on any atom is 0.119 e. The summed E-state index contributed by atoms with van der Waals surface area (Å²) < 4.78 is 33.9. The van der Waals surface area contributed by atoms with Gasteiger partial charge in [-0.3, -0.25) is 0 Å². The highest BCUT2D eigenvalue weighted by molar-refractivity contribution is 5.28. The third kappa shape index (κ3) is 22.9. The van der Waals surface area contributed by atoms with Gasteiger partial charge in [0.1, 0.15) is 24.7 Å². The van der Waals surface area contributed by atoms with Gasteiger partial charge in [0.2, 0.25) is 0 Å². The summed E-state index contributed by atoms with van der Waals surface area (Å²) in [7, 11) is 0. The van der Waals surface area contributed by atoms with E-state index in [1.807, 2.05) is 0 Å². The van der Waals surface area contributed by atoms with Crippen molar-refractivity contribution >= 4 is 0 Å². The molecular weight excluding hydrogens is 564 g/mol. The topological polar surface area (TPSA) is 55.4 Å². The molecule has 2 aromatic carbocycles. The maximum atomic E-state index is 5.79. The predicted octanol–water partition coefficient (Wildman–Crippen LogP) is 9.41. The normalized spacial score (nSPS) is 11.2. The maximum absolute atomic E-state index is 5.79. The Hall–Kier alpha value is -2.12. The number of hydrogen-bond donors (Lipinski definition) is 0. The highest BCUT2D eigenvalue weighted by Crippen LogP contribution is 2.16. The van der Waals surface area contributed by atoms with Gasteiger partial charge in [-0.25, -0.2) is 0 Å². The summed E-state index contributed by atoms with van der Waals surface area (Å²) in [6.07, 6.45) is 19.7. The van der Waals surface area contributed by atoms with Crippen molar-refractivity contribution in [3.05, 3.63) is 59.7 Å². The van der Waals surface area contributed by atoms with E-state index in [0.717, 1.165) is 24.3 Å². The van der Waals surface area contributed by atoms with Crippen LogP contribution in [-0.2, 0) is 31.8 Å². The quantitative estimate of drug-likeness (QED) is 0.0753. The van der Waals surface area contributed by atoms with Crippen molar-refractivity contribution in [1.29, 1.82) is 0 Å². The predicted molar refractivity (Wildman–Crippen MR) is 186 cm³/mol. The smallest absolute Gasteiger partial charge is 0.119 e. The Morgan fingerprint density at radius 2 is 0.622 bits per heavy atom. The second-order valence-electron chi connectivity index (χ2n) is 11.8. The van der Waals surface area contributed by atoms with E-state index in [4.69, 9.17) is 28.4 Å². The van der Waals surface area contributed by atoms with Gasteiger partial charge in [0.25, 0.3) is 0 Å². The van der Waals surface area contributed by atoms with Crippen LogP contribution in [0.5, 0.6) is 11.5 Å². The van der Waals surface area contributed by atoms with Gasteiger partial charge in [0.15, 0.2) is 0 Å². The van der Waals surface area contributed by atoms with E-state index in [1.165, 1.54) is 94.6 Å². The monoisotopic (exact) mass is 628 g/mol. The van der Waals surface area contributed by atoms with Crippen LogP contribution in [0.3, 0.4) is 0 Å². The fourth-order valence-electron chi connectivity index (χ4n) is 5.10. The molecule has 2 aromatic rings. The molecule has 0 saturated carbocycles. The van der Waals surface area contributed by atoms with Crippen molar-refractivity contribution in [2.45, 2.75) is 110 Å². The van der Waals surface area contributed by atoms with E-state index in [2.05, 4.69) is 62.4 Å². The van der Waals surface area contributed by atoms with E-state index in [-0.39, 0.29) is 0 Å². The molecule has 0 radical (unpaired) electrons. The van der Waals surface area contributed by atoms with E-state index >= 15 is 0 Å². The molecule has 0 aliphatic heterocycles. The average Bonchev–Trinajstić information content (AvgIpc) is 3.07. The lowest BCUT2D eigenvalue weighted by molar-refractivity contribution is -0.00699. The van der Waals surface area contributed by atoms with Crippen molar-refractivity contribution in [2.24, 2.45) is 0 Å². The molecule has 256 valence electrons. The molecular formula is C39H64O6. The number of hydrogen-bond acceptors (Lipinski definition) is 6. The van der Waals surface area contributed by atoms with Crippen LogP contribution < -0.4 is 9.47 Å². The molecule has 0 atom stereocenters. The van der Waals surface area contributed by atoms with Crippen molar-refractivity contribution in [2.75, 3.05) is 66.1 Å². The SMILES string of the molecule is CCCCCCCCCc1ccc(OCCOCCOCCOCCOCCOc2ccc(CCCCCCCC)cc2)cc1. The minimum Gasteiger partial charge on any atom is -0.491 e. The van der Waals surface area contributed by atoms with Crippen LogP contribution >= 0.6 is 0 Å². The molecule has 6 nitrogen and oxygen atoms in total. The summed E-state index contributed by atoms with van der Waals surface area (Å²) in [5.41, 5.74) is 2.78. The molecule has 0 unspecified atom stereocenters. The Labute approximate surface area is 275 Å². The zero-order chi connectivity index (χ0) is 31.9. The summed E-state index contributed by atoms with van der Waals surface area (Å²) in [5, 5.41) is 0. The lowest BCUT2D eigenvalue weighted by Crippen LogP contribution is -2.14. The van der Waals surface area contributed by atoms with E-state index in [9.17, 15) is 0 Å². The van der Waals surface area contributed by atoms with Crippen LogP contribution in [0, 0.1) is 0 Å². The Kier molecular flexibility index (Phi) is 25.4. The molecule has 0 spiro atoms. The number of benzene rings is 2. The van der Waals surface area contributed by atoms with E-state index in [0.29, 0.717) is 66.1 Å². The zero-order valence-corrected chi connectivity index (χ0v) is 28.7. The van der Waals surface area contributed by atoms with Gasteiger partial charge in [0.05, 0.1) is 52.9 Å². The fourth-order valence-corrected chi connectivity index (χ4v) is 5.10. The number of rotatable bonds is 32. The highest BCUT2D eigenvalue weighted by Gasteiger charge is 2.00. The molecule has 0 fully saturated rings. The summed E-state index contributed by atoms with van der Waals surface area (Å²) in [5.74, 6) is 1.80. The summed E-state index contributed by atoms with van der Waals surface area (Å²) in [6.45, 7) is 9.97. The Morgan fingerprint density at radius 1 is 0.333 bits per heavy atom. The molecule has 2 rings (SSSR count). The first-order valence-electron chi connectivity index (χ1n) is 18.1. The molecule has 0 aromatic heterocycles. The first kappa shape index (κ1) is 39.1. The second kappa shape index (κ2) is 29.3. The summed E-state index contributed by atoms with van der Waals surface area (Å²) in [4.78, 5) is 0. The fraction of sp³-hybridized carbons (Fsp3) is 0.692. The minimum absolute atomic E-state index is 0.538. The minimum atomic E-state index is 0.538. The lowest BCUT2D eigenvalue weighted by Gasteiger charge is -2.10. The molecule has 0 saturated heterocycles. The number of ether oxygens (including phenoxy) is 6. The van der Waals surface area contributed by atoms with Crippen LogP contribution in [0.25, 0.3) is 0 Å². The van der Waals surface area contributed by atoms with Gasteiger partial charge in [-0.05, 0) is 61.1 Å². The molecule has 0 aliphatic rings. The van der Waals surface area contributed by atoms with Crippen LogP contribution in [-0.4, -0.2) is 66.1 Å².